The molecule has 1 heterocycles. The summed E-state index contributed by atoms with van der Waals surface area (Å²) < 4.78 is 0. The molecule has 0 bridgehead atoms. The summed E-state index contributed by atoms with van der Waals surface area (Å²) in [6, 6.07) is 21.5. The minimum Gasteiger partial charge on any atom is -0.297 e. The lowest BCUT2D eigenvalue weighted by Gasteiger charge is -2.07. The van der Waals surface area contributed by atoms with E-state index in [1.165, 1.54) is 0 Å². The van der Waals surface area contributed by atoms with E-state index in [1.807, 2.05) is 66.7 Å². The Morgan fingerprint density at radius 3 is 1.67 bits per heavy atom. The first kappa shape index (κ1) is 13.0. The van der Waals surface area contributed by atoms with Crippen LogP contribution in [-0.2, 0) is 4.79 Å². The topological polar surface area (TPSA) is 54.9 Å². The summed E-state index contributed by atoms with van der Waals surface area (Å²) in [5, 5.41) is 2.53. The highest BCUT2D eigenvalue weighted by Gasteiger charge is 2.07. The highest BCUT2D eigenvalue weighted by atomic mass is 16.1. The Bertz CT molecular complexity index is 685. The van der Waals surface area contributed by atoms with Crippen molar-refractivity contribution in [2.45, 2.75) is 0 Å². The average molecular weight is 275 g/mol. The summed E-state index contributed by atoms with van der Waals surface area (Å²) in [4.78, 5) is 19.4. The Labute approximate surface area is 122 Å². The van der Waals surface area contributed by atoms with Crippen molar-refractivity contribution in [2.24, 2.45) is 0 Å². The number of anilines is 1. The summed E-state index contributed by atoms with van der Waals surface area (Å²) in [5.41, 5.74) is 3.50. The SMILES string of the molecule is O=CNc1nc(-c2ccccc2)cc(-c2ccccc2)n1. The molecule has 102 valence electrons. The van der Waals surface area contributed by atoms with Crippen molar-refractivity contribution >= 4 is 12.4 Å². The number of hydrogen-bond donors (Lipinski definition) is 1. The number of aromatic nitrogens is 2. The van der Waals surface area contributed by atoms with E-state index in [0.29, 0.717) is 12.4 Å². The first-order valence-corrected chi connectivity index (χ1v) is 6.57. The fourth-order valence-corrected chi connectivity index (χ4v) is 2.08. The van der Waals surface area contributed by atoms with Gasteiger partial charge in [0.25, 0.3) is 0 Å². The van der Waals surface area contributed by atoms with Crippen molar-refractivity contribution in [3.63, 3.8) is 0 Å². The van der Waals surface area contributed by atoms with Crippen LogP contribution in [0.3, 0.4) is 0 Å². The van der Waals surface area contributed by atoms with Crippen LogP contribution in [0.2, 0.25) is 0 Å². The van der Waals surface area contributed by atoms with Gasteiger partial charge in [-0.1, -0.05) is 60.7 Å². The van der Waals surface area contributed by atoms with E-state index in [-0.39, 0.29) is 0 Å². The molecule has 3 aromatic rings. The van der Waals surface area contributed by atoms with Gasteiger partial charge in [0.15, 0.2) is 0 Å². The number of amides is 1. The predicted octanol–water partition coefficient (Wildman–Crippen LogP) is 3.38. The number of nitrogens with one attached hydrogen (secondary N) is 1. The molecule has 0 saturated carbocycles. The van der Waals surface area contributed by atoms with Gasteiger partial charge in [-0.3, -0.25) is 10.1 Å². The molecular formula is C17H13N3O. The van der Waals surface area contributed by atoms with Gasteiger partial charge in [0.2, 0.25) is 12.4 Å². The summed E-state index contributed by atoms with van der Waals surface area (Å²) in [7, 11) is 0. The maximum Gasteiger partial charge on any atom is 0.230 e. The van der Waals surface area contributed by atoms with E-state index in [0.717, 1.165) is 22.5 Å². The molecular weight excluding hydrogens is 262 g/mol. The number of carbonyl (C=O) groups excluding carboxylic acids is 1. The van der Waals surface area contributed by atoms with E-state index in [2.05, 4.69) is 15.3 Å². The molecule has 0 saturated heterocycles. The second kappa shape index (κ2) is 5.96. The number of nitrogens with zero attached hydrogens (tertiary/aromatic N) is 2. The van der Waals surface area contributed by atoms with E-state index >= 15 is 0 Å². The maximum atomic E-state index is 10.7. The van der Waals surface area contributed by atoms with Gasteiger partial charge in [-0.15, -0.1) is 0 Å². The zero-order valence-electron chi connectivity index (χ0n) is 11.2. The van der Waals surface area contributed by atoms with Crippen molar-refractivity contribution in [3.05, 3.63) is 66.7 Å². The minimum atomic E-state index is 0.296. The average Bonchev–Trinajstić information content (AvgIpc) is 2.56. The third-order valence-electron chi connectivity index (χ3n) is 3.05. The van der Waals surface area contributed by atoms with Gasteiger partial charge in [-0.2, -0.15) is 0 Å². The second-order valence-electron chi connectivity index (χ2n) is 4.46. The molecule has 0 spiro atoms. The number of benzene rings is 2. The second-order valence-corrected chi connectivity index (χ2v) is 4.46. The number of rotatable bonds is 4. The molecule has 1 amide bonds. The van der Waals surface area contributed by atoms with Gasteiger partial charge in [-0.25, -0.2) is 9.97 Å². The van der Waals surface area contributed by atoms with Crippen molar-refractivity contribution in [1.29, 1.82) is 0 Å². The van der Waals surface area contributed by atoms with Gasteiger partial charge < -0.3 is 0 Å². The normalized spacial score (nSPS) is 10.1. The molecule has 0 aliphatic carbocycles. The molecule has 3 rings (SSSR count). The molecule has 4 heteroatoms. The molecule has 0 aliphatic rings. The van der Waals surface area contributed by atoms with Crippen molar-refractivity contribution < 1.29 is 4.79 Å². The van der Waals surface area contributed by atoms with Crippen LogP contribution in [0.15, 0.2) is 66.7 Å². The third-order valence-corrected chi connectivity index (χ3v) is 3.05. The molecule has 21 heavy (non-hydrogen) atoms. The molecule has 0 aliphatic heterocycles. The number of hydrogen-bond acceptors (Lipinski definition) is 3. The molecule has 1 N–H and O–H groups in total. The molecule has 2 aromatic carbocycles. The summed E-state index contributed by atoms with van der Waals surface area (Å²) in [6.45, 7) is 0. The van der Waals surface area contributed by atoms with Crippen LogP contribution in [-0.4, -0.2) is 16.4 Å². The van der Waals surface area contributed by atoms with Crippen molar-refractivity contribution in [3.8, 4) is 22.5 Å². The number of carbonyl (C=O) groups is 1. The van der Waals surface area contributed by atoms with Gasteiger partial charge in [-0.05, 0) is 6.07 Å². The van der Waals surface area contributed by atoms with Crippen molar-refractivity contribution in [1.82, 2.24) is 9.97 Å². The Kier molecular flexibility index (Phi) is 3.69. The van der Waals surface area contributed by atoms with E-state index in [1.54, 1.807) is 0 Å². The predicted molar refractivity (Wildman–Crippen MR) is 82.6 cm³/mol. The fraction of sp³-hybridized carbons (Fsp3) is 0. The Balaban J connectivity index is 2.13. The van der Waals surface area contributed by atoms with Crippen LogP contribution in [0.1, 0.15) is 0 Å². The summed E-state index contributed by atoms with van der Waals surface area (Å²) in [5.74, 6) is 0.296. The van der Waals surface area contributed by atoms with Crippen LogP contribution in [0.25, 0.3) is 22.5 Å². The third kappa shape index (κ3) is 2.95. The highest BCUT2D eigenvalue weighted by Crippen LogP contribution is 2.24. The van der Waals surface area contributed by atoms with E-state index in [4.69, 9.17) is 0 Å². The van der Waals surface area contributed by atoms with Gasteiger partial charge in [0.05, 0.1) is 11.4 Å². The summed E-state index contributed by atoms with van der Waals surface area (Å²) >= 11 is 0. The maximum absolute atomic E-state index is 10.7. The fourth-order valence-electron chi connectivity index (χ4n) is 2.08. The van der Waals surface area contributed by atoms with Gasteiger partial charge in [0, 0.05) is 11.1 Å². The van der Waals surface area contributed by atoms with Gasteiger partial charge >= 0.3 is 0 Å². The Morgan fingerprint density at radius 2 is 1.24 bits per heavy atom. The molecule has 0 unspecified atom stereocenters. The summed E-state index contributed by atoms with van der Waals surface area (Å²) in [6.07, 6.45) is 0.582. The van der Waals surface area contributed by atoms with Crippen molar-refractivity contribution in [2.75, 3.05) is 5.32 Å². The molecule has 0 radical (unpaired) electrons. The Morgan fingerprint density at radius 1 is 0.762 bits per heavy atom. The highest BCUT2D eigenvalue weighted by molar-refractivity contribution is 5.73. The molecule has 0 fully saturated rings. The monoisotopic (exact) mass is 275 g/mol. The van der Waals surface area contributed by atoms with Crippen LogP contribution < -0.4 is 5.32 Å². The lowest BCUT2D eigenvalue weighted by Crippen LogP contribution is -2.02. The standard InChI is InChI=1S/C17H13N3O/c21-12-18-17-19-15(13-7-3-1-4-8-13)11-16(20-17)14-9-5-2-6-10-14/h1-12H,(H,18,19,20,21). The van der Waals surface area contributed by atoms with E-state index < -0.39 is 0 Å². The molecule has 1 aromatic heterocycles. The smallest absolute Gasteiger partial charge is 0.230 e. The van der Waals surface area contributed by atoms with E-state index in [9.17, 15) is 4.79 Å². The Hall–Kier alpha value is -3.01. The zero-order chi connectivity index (χ0) is 14.5. The first-order valence-electron chi connectivity index (χ1n) is 6.57. The minimum absolute atomic E-state index is 0.296. The van der Waals surface area contributed by atoms with Crippen LogP contribution >= 0.6 is 0 Å². The molecule has 0 atom stereocenters. The quantitative estimate of drug-likeness (QED) is 0.743. The van der Waals surface area contributed by atoms with Crippen LogP contribution in [0, 0.1) is 0 Å². The first-order chi connectivity index (χ1) is 10.4. The zero-order valence-corrected chi connectivity index (χ0v) is 11.2. The lowest BCUT2D eigenvalue weighted by atomic mass is 10.1. The van der Waals surface area contributed by atoms with Gasteiger partial charge in [0.1, 0.15) is 0 Å². The molecule has 4 nitrogen and oxygen atoms in total. The van der Waals surface area contributed by atoms with Crippen LogP contribution in [0.5, 0.6) is 0 Å². The lowest BCUT2D eigenvalue weighted by molar-refractivity contribution is -0.105. The largest absolute Gasteiger partial charge is 0.297 e. The van der Waals surface area contributed by atoms with Crippen LogP contribution in [0.4, 0.5) is 5.95 Å².